The van der Waals surface area contributed by atoms with E-state index in [1.165, 1.54) is 6.42 Å². The molecule has 1 heterocycles. The third kappa shape index (κ3) is 3.29. The van der Waals surface area contributed by atoms with Crippen LogP contribution in [-0.2, 0) is 4.74 Å². The first-order valence-corrected chi connectivity index (χ1v) is 6.91. The summed E-state index contributed by atoms with van der Waals surface area (Å²) in [5.74, 6) is 1.55. The molecule has 0 spiro atoms. The largest absolute Gasteiger partial charge is 0.376 e. The van der Waals surface area contributed by atoms with Gasteiger partial charge in [0.05, 0.1) is 18.8 Å². The molecule has 1 aliphatic rings. The van der Waals surface area contributed by atoms with E-state index in [4.69, 9.17) is 15.0 Å². The van der Waals surface area contributed by atoms with E-state index in [0.29, 0.717) is 30.3 Å². The molecular weight excluding hydrogens is 230 g/mol. The standard InChI is InChI=1S/C13H23N3O2/c1-3-5-9(2)13-15-12(16-18-13)11(14)8-17-10-6-4-7-10/h9-11H,3-8,14H2,1-2H3. The summed E-state index contributed by atoms with van der Waals surface area (Å²) >= 11 is 0. The summed E-state index contributed by atoms with van der Waals surface area (Å²) in [6.45, 7) is 4.72. The maximum Gasteiger partial charge on any atom is 0.229 e. The van der Waals surface area contributed by atoms with Crippen LogP contribution in [0.15, 0.2) is 4.52 Å². The number of nitrogens with zero attached hydrogens (tertiary/aromatic N) is 2. The molecule has 18 heavy (non-hydrogen) atoms. The third-order valence-corrected chi connectivity index (χ3v) is 3.50. The van der Waals surface area contributed by atoms with Crippen LogP contribution >= 0.6 is 0 Å². The predicted octanol–water partition coefficient (Wildman–Crippen LogP) is 2.54. The fraction of sp³-hybridized carbons (Fsp3) is 0.846. The Morgan fingerprint density at radius 1 is 1.50 bits per heavy atom. The lowest BCUT2D eigenvalue weighted by Gasteiger charge is -2.26. The summed E-state index contributed by atoms with van der Waals surface area (Å²) < 4.78 is 10.9. The van der Waals surface area contributed by atoms with Crippen molar-refractivity contribution in [2.45, 2.75) is 64.0 Å². The minimum atomic E-state index is -0.281. The highest BCUT2D eigenvalue weighted by Crippen LogP contribution is 2.24. The van der Waals surface area contributed by atoms with Crippen molar-refractivity contribution in [2.24, 2.45) is 5.73 Å². The zero-order chi connectivity index (χ0) is 13.0. The van der Waals surface area contributed by atoms with E-state index in [1.807, 2.05) is 0 Å². The average molecular weight is 253 g/mol. The van der Waals surface area contributed by atoms with Crippen LogP contribution < -0.4 is 5.73 Å². The van der Waals surface area contributed by atoms with Crippen LogP contribution in [0.2, 0.25) is 0 Å². The molecule has 2 rings (SSSR count). The monoisotopic (exact) mass is 253 g/mol. The van der Waals surface area contributed by atoms with E-state index in [0.717, 1.165) is 25.7 Å². The van der Waals surface area contributed by atoms with Gasteiger partial charge in [-0.2, -0.15) is 4.98 Å². The molecule has 1 saturated carbocycles. The van der Waals surface area contributed by atoms with Gasteiger partial charge in [-0.15, -0.1) is 0 Å². The first-order chi connectivity index (χ1) is 8.70. The quantitative estimate of drug-likeness (QED) is 0.808. The van der Waals surface area contributed by atoms with Gasteiger partial charge in [0.1, 0.15) is 0 Å². The Labute approximate surface area is 108 Å². The first kappa shape index (κ1) is 13.5. The summed E-state index contributed by atoms with van der Waals surface area (Å²) in [6.07, 6.45) is 6.11. The van der Waals surface area contributed by atoms with Crippen LogP contribution in [0.5, 0.6) is 0 Å². The summed E-state index contributed by atoms with van der Waals surface area (Å²) in [4.78, 5) is 4.37. The molecule has 5 heteroatoms. The van der Waals surface area contributed by atoms with Crippen LogP contribution in [-0.4, -0.2) is 22.9 Å². The zero-order valence-electron chi connectivity index (χ0n) is 11.3. The van der Waals surface area contributed by atoms with Crippen molar-refractivity contribution in [1.82, 2.24) is 10.1 Å². The lowest BCUT2D eigenvalue weighted by molar-refractivity contribution is -0.00549. The topological polar surface area (TPSA) is 74.2 Å². The van der Waals surface area contributed by atoms with Gasteiger partial charge in [-0.05, 0) is 25.7 Å². The lowest BCUT2D eigenvalue weighted by Crippen LogP contribution is -2.27. The van der Waals surface area contributed by atoms with Gasteiger partial charge < -0.3 is 15.0 Å². The van der Waals surface area contributed by atoms with Gasteiger partial charge in [0.25, 0.3) is 0 Å². The van der Waals surface area contributed by atoms with Crippen molar-refractivity contribution >= 4 is 0 Å². The molecule has 2 atom stereocenters. The van der Waals surface area contributed by atoms with Crippen LogP contribution in [0, 0.1) is 0 Å². The number of hydrogen-bond donors (Lipinski definition) is 1. The van der Waals surface area contributed by atoms with Gasteiger partial charge in [0.2, 0.25) is 5.89 Å². The molecule has 5 nitrogen and oxygen atoms in total. The second kappa shape index (κ2) is 6.29. The second-order valence-corrected chi connectivity index (χ2v) is 5.17. The van der Waals surface area contributed by atoms with Crippen LogP contribution in [0.25, 0.3) is 0 Å². The SMILES string of the molecule is CCCC(C)c1nc(C(N)COC2CCC2)no1. The van der Waals surface area contributed by atoms with Crippen LogP contribution in [0.1, 0.15) is 69.6 Å². The fourth-order valence-electron chi connectivity index (χ4n) is 2.01. The molecule has 1 aromatic rings. The summed E-state index contributed by atoms with van der Waals surface area (Å²) in [5, 5.41) is 3.95. The normalized spacial score (nSPS) is 19.5. The predicted molar refractivity (Wildman–Crippen MR) is 68.1 cm³/mol. The van der Waals surface area contributed by atoms with Crippen molar-refractivity contribution in [3.8, 4) is 0 Å². The lowest BCUT2D eigenvalue weighted by atomic mass is 9.96. The molecule has 1 fully saturated rings. The molecule has 0 bridgehead atoms. The van der Waals surface area contributed by atoms with E-state index < -0.39 is 0 Å². The fourth-order valence-corrected chi connectivity index (χ4v) is 2.01. The Bertz CT molecular complexity index is 363. The number of hydrogen-bond acceptors (Lipinski definition) is 5. The van der Waals surface area contributed by atoms with E-state index in [2.05, 4.69) is 24.0 Å². The molecule has 0 radical (unpaired) electrons. The minimum absolute atomic E-state index is 0.281. The number of nitrogens with two attached hydrogens (primary N) is 1. The number of rotatable bonds is 7. The van der Waals surface area contributed by atoms with Crippen molar-refractivity contribution in [2.75, 3.05) is 6.61 Å². The minimum Gasteiger partial charge on any atom is -0.376 e. The third-order valence-electron chi connectivity index (χ3n) is 3.50. The molecule has 2 unspecified atom stereocenters. The molecule has 0 aromatic carbocycles. The van der Waals surface area contributed by atoms with Crippen molar-refractivity contribution in [3.63, 3.8) is 0 Å². The zero-order valence-corrected chi connectivity index (χ0v) is 11.3. The highest BCUT2D eigenvalue weighted by Gasteiger charge is 2.22. The Morgan fingerprint density at radius 3 is 2.89 bits per heavy atom. The van der Waals surface area contributed by atoms with Crippen molar-refractivity contribution in [3.05, 3.63) is 11.7 Å². The van der Waals surface area contributed by atoms with Gasteiger partial charge in [-0.3, -0.25) is 0 Å². The second-order valence-electron chi connectivity index (χ2n) is 5.17. The average Bonchev–Trinajstić information content (AvgIpc) is 2.76. The van der Waals surface area contributed by atoms with E-state index in [-0.39, 0.29) is 6.04 Å². The Balaban J connectivity index is 1.83. The summed E-state index contributed by atoms with van der Waals surface area (Å²) in [7, 11) is 0. The molecule has 1 aromatic heterocycles. The molecule has 1 aliphatic carbocycles. The van der Waals surface area contributed by atoms with Crippen LogP contribution in [0.3, 0.4) is 0 Å². The smallest absolute Gasteiger partial charge is 0.229 e. The maximum absolute atomic E-state index is 6.00. The Hall–Kier alpha value is -0.940. The van der Waals surface area contributed by atoms with Gasteiger partial charge in [0.15, 0.2) is 5.82 Å². The highest BCUT2D eigenvalue weighted by atomic mass is 16.5. The maximum atomic E-state index is 6.00. The highest BCUT2D eigenvalue weighted by molar-refractivity contribution is 4.96. The van der Waals surface area contributed by atoms with Gasteiger partial charge in [0, 0.05) is 5.92 Å². The molecule has 2 N–H and O–H groups in total. The molecule has 0 amide bonds. The van der Waals surface area contributed by atoms with Gasteiger partial charge in [-0.25, -0.2) is 0 Å². The first-order valence-electron chi connectivity index (χ1n) is 6.91. The van der Waals surface area contributed by atoms with Crippen molar-refractivity contribution < 1.29 is 9.26 Å². The Morgan fingerprint density at radius 2 is 2.28 bits per heavy atom. The van der Waals surface area contributed by atoms with Gasteiger partial charge >= 0.3 is 0 Å². The number of ether oxygens (including phenoxy) is 1. The van der Waals surface area contributed by atoms with E-state index in [1.54, 1.807) is 0 Å². The summed E-state index contributed by atoms with van der Waals surface area (Å²) in [6, 6.07) is -0.281. The summed E-state index contributed by atoms with van der Waals surface area (Å²) in [5.41, 5.74) is 6.00. The Kier molecular flexibility index (Phi) is 4.72. The van der Waals surface area contributed by atoms with E-state index in [9.17, 15) is 0 Å². The molecular formula is C13H23N3O2. The number of aromatic nitrogens is 2. The van der Waals surface area contributed by atoms with E-state index >= 15 is 0 Å². The van der Waals surface area contributed by atoms with Crippen LogP contribution in [0.4, 0.5) is 0 Å². The van der Waals surface area contributed by atoms with Gasteiger partial charge in [-0.1, -0.05) is 25.4 Å². The van der Waals surface area contributed by atoms with Crippen molar-refractivity contribution in [1.29, 1.82) is 0 Å². The molecule has 0 saturated heterocycles. The molecule has 0 aliphatic heterocycles. The molecule has 102 valence electrons.